The van der Waals surface area contributed by atoms with Crippen LogP contribution in [0.1, 0.15) is 0 Å². The van der Waals surface area contributed by atoms with Gasteiger partial charge in [-0.25, -0.2) is 9.59 Å². The zero-order chi connectivity index (χ0) is 21.1. The summed E-state index contributed by atoms with van der Waals surface area (Å²) in [6.45, 7) is -0.0356. The van der Waals surface area contributed by atoms with E-state index < -0.39 is 17.2 Å². The largest absolute Gasteiger partial charge is 0.513 e. The fourth-order valence-electron chi connectivity index (χ4n) is 1.89. The average molecular weight is 406 g/mol. The first-order valence-corrected chi connectivity index (χ1v) is 8.31. The molecule has 11 heteroatoms. The van der Waals surface area contributed by atoms with E-state index >= 15 is 0 Å². The quantitative estimate of drug-likeness (QED) is 0.164. The smallest absolute Gasteiger partial charge is 0.432 e. The first kappa shape index (κ1) is 21.4. The summed E-state index contributed by atoms with van der Waals surface area (Å²) in [6, 6.07) is 11.2. The molecular weight excluding hydrogens is 388 g/mol. The van der Waals surface area contributed by atoms with Crippen LogP contribution in [0.4, 0.5) is 21.0 Å². The second-order valence-electron chi connectivity index (χ2n) is 5.33. The Morgan fingerprint density at radius 2 is 1.24 bits per heavy atom. The molecule has 2 N–H and O–H groups in total. The number of anilines is 1. The number of carbonyl (C=O) groups excluding carboxylic acids is 2. The van der Waals surface area contributed by atoms with Crippen molar-refractivity contribution in [1.29, 1.82) is 0 Å². The van der Waals surface area contributed by atoms with Crippen molar-refractivity contribution < 1.29 is 38.2 Å². The Morgan fingerprint density at radius 3 is 1.69 bits per heavy atom. The zero-order valence-electron chi connectivity index (χ0n) is 15.1. The minimum atomic E-state index is -0.981. The summed E-state index contributed by atoms with van der Waals surface area (Å²) in [7, 11) is 0. The van der Waals surface area contributed by atoms with Crippen molar-refractivity contribution in [2.45, 2.75) is 0 Å². The third kappa shape index (κ3) is 8.13. The fourth-order valence-corrected chi connectivity index (χ4v) is 1.89. The van der Waals surface area contributed by atoms with Gasteiger partial charge in [0.2, 0.25) is 0 Å². The van der Waals surface area contributed by atoms with Crippen molar-refractivity contribution in [3.63, 3.8) is 0 Å². The van der Waals surface area contributed by atoms with Crippen LogP contribution in [0.25, 0.3) is 0 Å². The number of nitrogens with zero attached hydrogens (tertiary/aromatic N) is 1. The highest BCUT2D eigenvalue weighted by atomic mass is 16.7. The monoisotopic (exact) mass is 406 g/mol. The molecule has 29 heavy (non-hydrogen) atoms. The molecule has 0 fully saturated rings. The second kappa shape index (κ2) is 11.1. The van der Waals surface area contributed by atoms with E-state index in [0.29, 0.717) is 11.4 Å². The summed E-state index contributed by atoms with van der Waals surface area (Å²) in [5, 5.41) is 10.5. The predicted molar refractivity (Wildman–Crippen MR) is 98.7 cm³/mol. The minimum absolute atomic E-state index is 0.0474. The van der Waals surface area contributed by atoms with Crippen molar-refractivity contribution in [3.05, 3.63) is 58.6 Å². The normalized spacial score (nSPS) is 10.1. The Kier molecular flexibility index (Phi) is 8.20. The van der Waals surface area contributed by atoms with E-state index in [2.05, 4.69) is 0 Å². The predicted octanol–water partition coefficient (Wildman–Crippen LogP) is 2.92. The summed E-state index contributed by atoms with van der Waals surface area (Å²) in [6.07, 6.45) is -1.87. The van der Waals surface area contributed by atoms with Crippen molar-refractivity contribution in [2.24, 2.45) is 0 Å². The van der Waals surface area contributed by atoms with Crippen LogP contribution in [0.5, 0.6) is 11.5 Å². The van der Waals surface area contributed by atoms with Gasteiger partial charge in [-0.1, -0.05) is 0 Å². The molecule has 0 bridgehead atoms. The lowest BCUT2D eigenvalue weighted by Gasteiger charge is -2.08. The number of ether oxygens (including phenoxy) is 5. The van der Waals surface area contributed by atoms with Crippen LogP contribution in [0.3, 0.4) is 0 Å². The van der Waals surface area contributed by atoms with Crippen LogP contribution >= 0.6 is 0 Å². The topological polar surface area (TPSA) is 149 Å². The van der Waals surface area contributed by atoms with E-state index in [1.165, 1.54) is 36.4 Å². The maximum atomic E-state index is 11.5. The fraction of sp³-hybridized carbons (Fsp3) is 0.222. The molecule has 0 heterocycles. The lowest BCUT2D eigenvalue weighted by atomic mass is 10.3. The molecule has 0 spiro atoms. The number of nitro groups is 1. The van der Waals surface area contributed by atoms with Crippen LogP contribution < -0.4 is 15.2 Å². The lowest BCUT2D eigenvalue weighted by Crippen LogP contribution is -2.17. The molecule has 0 aromatic heterocycles. The first-order valence-electron chi connectivity index (χ1n) is 8.31. The van der Waals surface area contributed by atoms with E-state index in [1.807, 2.05) is 0 Å². The number of rotatable bonds is 9. The van der Waals surface area contributed by atoms with Gasteiger partial charge in [0.25, 0.3) is 5.69 Å². The van der Waals surface area contributed by atoms with Gasteiger partial charge in [-0.2, -0.15) is 0 Å². The van der Waals surface area contributed by atoms with E-state index in [4.69, 9.17) is 29.4 Å². The van der Waals surface area contributed by atoms with Crippen LogP contribution in [-0.4, -0.2) is 43.7 Å². The van der Waals surface area contributed by atoms with Crippen molar-refractivity contribution >= 4 is 23.7 Å². The van der Waals surface area contributed by atoms with E-state index in [1.54, 1.807) is 12.1 Å². The highest BCUT2D eigenvalue weighted by molar-refractivity contribution is 5.64. The van der Waals surface area contributed by atoms with Gasteiger partial charge >= 0.3 is 12.3 Å². The molecule has 0 aliphatic heterocycles. The average Bonchev–Trinajstić information content (AvgIpc) is 2.69. The number of hydrogen-bond acceptors (Lipinski definition) is 10. The summed E-state index contributed by atoms with van der Waals surface area (Å²) in [5.74, 6) is 0.402. The summed E-state index contributed by atoms with van der Waals surface area (Å²) >= 11 is 0. The Balaban J connectivity index is 1.51. The highest BCUT2D eigenvalue weighted by Crippen LogP contribution is 2.17. The molecule has 0 saturated carbocycles. The zero-order valence-corrected chi connectivity index (χ0v) is 15.1. The van der Waals surface area contributed by atoms with Gasteiger partial charge in [-0.3, -0.25) is 10.1 Å². The molecule has 2 aromatic carbocycles. The molecular formula is C18H18N2O9. The maximum absolute atomic E-state index is 11.5. The number of non-ortho nitro benzene ring substituents is 1. The number of hydrogen-bond donors (Lipinski definition) is 1. The molecule has 0 aliphatic rings. The van der Waals surface area contributed by atoms with Crippen LogP contribution in [-0.2, 0) is 14.2 Å². The molecule has 2 rings (SSSR count). The Labute approximate surface area is 165 Å². The van der Waals surface area contributed by atoms with Crippen molar-refractivity contribution in [3.8, 4) is 11.5 Å². The molecule has 11 nitrogen and oxygen atoms in total. The van der Waals surface area contributed by atoms with Gasteiger partial charge in [0, 0.05) is 17.8 Å². The molecule has 0 radical (unpaired) electrons. The van der Waals surface area contributed by atoms with Gasteiger partial charge in [-0.05, 0) is 36.4 Å². The Morgan fingerprint density at radius 1 is 0.793 bits per heavy atom. The number of nitrogen functional groups attached to an aromatic ring is 1. The molecule has 0 unspecified atom stereocenters. The molecule has 0 aliphatic carbocycles. The molecule has 2 aromatic rings. The maximum Gasteiger partial charge on any atom is 0.513 e. The second-order valence-corrected chi connectivity index (χ2v) is 5.33. The number of nitro benzene ring substituents is 1. The van der Waals surface area contributed by atoms with Gasteiger partial charge in [0.1, 0.15) is 24.7 Å². The van der Waals surface area contributed by atoms with Gasteiger partial charge in [0.05, 0.1) is 18.1 Å². The van der Waals surface area contributed by atoms with Crippen molar-refractivity contribution in [2.75, 3.05) is 32.2 Å². The van der Waals surface area contributed by atoms with Crippen LogP contribution in [0.15, 0.2) is 48.5 Å². The molecule has 0 amide bonds. The summed E-state index contributed by atoms with van der Waals surface area (Å²) < 4.78 is 24.5. The lowest BCUT2D eigenvalue weighted by molar-refractivity contribution is -0.384. The minimum Gasteiger partial charge on any atom is -0.432 e. The van der Waals surface area contributed by atoms with E-state index in [-0.39, 0.29) is 37.9 Å². The van der Waals surface area contributed by atoms with Gasteiger partial charge in [0.15, 0.2) is 0 Å². The van der Waals surface area contributed by atoms with Gasteiger partial charge < -0.3 is 29.4 Å². The van der Waals surface area contributed by atoms with E-state index in [9.17, 15) is 19.7 Å². The molecule has 0 saturated heterocycles. The number of benzene rings is 2. The standard InChI is InChI=1S/C18H18N2O9/c19-13-1-5-15(6-2-13)28-17(21)26-11-9-25-10-12-27-18(22)29-16-7-3-14(4-8-16)20(23)24/h1-8H,9-12,19H2. The number of nitrogens with two attached hydrogens (primary N) is 1. The summed E-state index contributed by atoms with van der Waals surface area (Å²) in [5.41, 5.74) is 5.93. The third-order valence-corrected chi connectivity index (χ3v) is 3.23. The van der Waals surface area contributed by atoms with Crippen LogP contribution in [0, 0.1) is 10.1 Å². The highest BCUT2D eigenvalue weighted by Gasteiger charge is 2.09. The Hall–Kier alpha value is -3.86. The SMILES string of the molecule is Nc1ccc(OC(=O)OCCOCCOC(=O)Oc2ccc([N+](=O)[O-])cc2)cc1. The van der Waals surface area contributed by atoms with E-state index in [0.717, 1.165) is 0 Å². The molecule has 154 valence electrons. The Bertz CT molecular complexity index is 822. The number of carbonyl (C=O) groups is 2. The summed E-state index contributed by atoms with van der Waals surface area (Å²) in [4.78, 5) is 32.9. The van der Waals surface area contributed by atoms with Crippen LogP contribution in [0.2, 0.25) is 0 Å². The van der Waals surface area contributed by atoms with Crippen molar-refractivity contribution in [1.82, 2.24) is 0 Å². The third-order valence-electron chi connectivity index (χ3n) is 3.23. The molecule has 0 atom stereocenters. The van der Waals surface area contributed by atoms with Gasteiger partial charge in [-0.15, -0.1) is 0 Å². The first-order chi connectivity index (χ1) is 13.9.